The standard InChI is InChI=1S/C17H18ClN3O3S/c1-11-8-13(18)2-3-15(11)21-16-9-12(4-6-19-16)17(22)20-14-5-7-25(23,24)10-14/h2-4,6,8-9,14H,5,7,10H2,1H3,(H,19,21)(H,20,22). The summed E-state index contributed by atoms with van der Waals surface area (Å²) < 4.78 is 23.0. The average molecular weight is 380 g/mol. The molecule has 0 spiro atoms. The van der Waals surface area contributed by atoms with Crippen LogP contribution in [0.4, 0.5) is 11.5 Å². The Bertz CT molecular complexity index is 915. The zero-order chi connectivity index (χ0) is 18.0. The molecule has 1 atom stereocenters. The maximum Gasteiger partial charge on any atom is 0.251 e. The highest BCUT2D eigenvalue weighted by atomic mass is 35.5. The van der Waals surface area contributed by atoms with E-state index >= 15 is 0 Å². The number of pyridine rings is 1. The van der Waals surface area contributed by atoms with Crippen LogP contribution in [-0.4, -0.2) is 36.9 Å². The van der Waals surface area contributed by atoms with Crippen molar-refractivity contribution in [1.82, 2.24) is 10.3 Å². The quantitative estimate of drug-likeness (QED) is 0.852. The van der Waals surface area contributed by atoms with E-state index in [1.54, 1.807) is 18.2 Å². The molecule has 25 heavy (non-hydrogen) atoms. The predicted octanol–water partition coefficient (Wildman–Crippen LogP) is 2.70. The first-order valence-electron chi connectivity index (χ1n) is 7.83. The highest BCUT2D eigenvalue weighted by Gasteiger charge is 2.29. The Kier molecular flexibility index (Phi) is 4.96. The molecule has 6 nitrogen and oxygen atoms in total. The molecular formula is C17H18ClN3O3S. The Morgan fingerprint density at radius 3 is 2.76 bits per heavy atom. The average Bonchev–Trinajstić information content (AvgIpc) is 2.89. The molecule has 132 valence electrons. The SMILES string of the molecule is Cc1cc(Cl)ccc1Nc1cc(C(=O)NC2CCS(=O)(=O)C2)ccn1. The van der Waals surface area contributed by atoms with Crippen molar-refractivity contribution in [3.63, 3.8) is 0 Å². The fraction of sp³-hybridized carbons (Fsp3) is 0.294. The lowest BCUT2D eigenvalue weighted by Gasteiger charge is -2.12. The summed E-state index contributed by atoms with van der Waals surface area (Å²) in [4.78, 5) is 16.6. The maximum absolute atomic E-state index is 12.3. The van der Waals surface area contributed by atoms with Gasteiger partial charge in [0.05, 0.1) is 11.5 Å². The molecule has 2 aromatic rings. The van der Waals surface area contributed by atoms with Crippen molar-refractivity contribution in [1.29, 1.82) is 0 Å². The molecule has 1 amide bonds. The van der Waals surface area contributed by atoms with Crippen LogP contribution >= 0.6 is 11.6 Å². The summed E-state index contributed by atoms with van der Waals surface area (Å²) in [7, 11) is -3.03. The number of hydrogen-bond acceptors (Lipinski definition) is 5. The second-order valence-corrected chi connectivity index (χ2v) is 8.75. The molecule has 1 saturated heterocycles. The Hall–Kier alpha value is -2.12. The molecule has 0 aliphatic carbocycles. The predicted molar refractivity (Wildman–Crippen MR) is 98.2 cm³/mol. The Balaban J connectivity index is 1.71. The lowest BCUT2D eigenvalue weighted by molar-refractivity contribution is 0.0941. The second kappa shape index (κ2) is 7.01. The summed E-state index contributed by atoms with van der Waals surface area (Å²) in [6.07, 6.45) is 1.99. The van der Waals surface area contributed by atoms with Gasteiger partial charge in [0.2, 0.25) is 0 Å². The van der Waals surface area contributed by atoms with E-state index in [9.17, 15) is 13.2 Å². The molecule has 1 aliphatic rings. The molecule has 1 unspecified atom stereocenters. The lowest BCUT2D eigenvalue weighted by Crippen LogP contribution is -2.35. The summed E-state index contributed by atoms with van der Waals surface area (Å²) in [5.41, 5.74) is 2.23. The van der Waals surface area contributed by atoms with Crippen LogP contribution in [0, 0.1) is 6.92 Å². The van der Waals surface area contributed by atoms with Crippen molar-refractivity contribution < 1.29 is 13.2 Å². The smallest absolute Gasteiger partial charge is 0.251 e. The van der Waals surface area contributed by atoms with E-state index in [1.165, 1.54) is 6.20 Å². The van der Waals surface area contributed by atoms with Gasteiger partial charge in [-0.2, -0.15) is 0 Å². The van der Waals surface area contributed by atoms with Crippen molar-refractivity contribution >= 4 is 38.9 Å². The van der Waals surface area contributed by atoms with E-state index in [4.69, 9.17) is 11.6 Å². The first-order valence-corrected chi connectivity index (χ1v) is 10.0. The van der Waals surface area contributed by atoms with Gasteiger partial charge in [-0.3, -0.25) is 4.79 Å². The fourth-order valence-electron chi connectivity index (χ4n) is 2.72. The number of nitrogens with one attached hydrogen (secondary N) is 2. The molecule has 0 saturated carbocycles. The van der Waals surface area contributed by atoms with Gasteiger partial charge in [0, 0.05) is 28.5 Å². The zero-order valence-corrected chi connectivity index (χ0v) is 15.2. The summed E-state index contributed by atoms with van der Waals surface area (Å²) in [5.74, 6) is 0.341. The number of nitrogens with zero attached hydrogens (tertiary/aromatic N) is 1. The fourth-order valence-corrected chi connectivity index (χ4v) is 4.62. The minimum atomic E-state index is -3.03. The van der Waals surface area contributed by atoms with Crippen molar-refractivity contribution in [2.24, 2.45) is 0 Å². The van der Waals surface area contributed by atoms with Gasteiger partial charge in [-0.1, -0.05) is 11.6 Å². The number of halogens is 1. The normalized spacial score (nSPS) is 18.7. The highest BCUT2D eigenvalue weighted by molar-refractivity contribution is 7.91. The molecule has 8 heteroatoms. The van der Waals surface area contributed by atoms with Gasteiger partial charge in [-0.25, -0.2) is 13.4 Å². The number of aryl methyl sites for hydroxylation is 1. The minimum absolute atomic E-state index is 0.00109. The van der Waals surface area contributed by atoms with E-state index in [-0.39, 0.29) is 23.5 Å². The lowest BCUT2D eigenvalue weighted by atomic mass is 10.2. The molecule has 0 bridgehead atoms. The summed E-state index contributed by atoms with van der Waals surface area (Å²) >= 11 is 5.95. The van der Waals surface area contributed by atoms with Crippen LogP contribution < -0.4 is 10.6 Å². The van der Waals surface area contributed by atoms with Gasteiger partial charge in [-0.15, -0.1) is 0 Å². The number of benzene rings is 1. The third kappa shape index (κ3) is 4.49. The first-order chi connectivity index (χ1) is 11.8. The molecule has 2 N–H and O–H groups in total. The number of aromatic nitrogens is 1. The van der Waals surface area contributed by atoms with E-state index < -0.39 is 9.84 Å². The van der Waals surface area contributed by atoms with Crippen LogP contribution in [0.15, 0.2) is 36.5 Å². The number of carbonyl (C=O) groups excluding carboxylic acids is 1. The number of rotatable bonds is 4. The van der Waals surface area contributed by atoms with E-state index in [0.717, 1.165) is 11.3 Å². The number of hydrogen-bond donors (Lipinski definition) is 2. The second-order valence-electron chi connectivity index (χ2n) is 6.09. The van der Waals surface area contributed by atoms with Crippen molar-refractivity contribution in [3.8, 4) is 0 Å². The zero-order valence-electron chi connectivity index (χ0n) is 13.6. The van der Waals surface area contributed by atoms with E-state index in [1.807, 2.05) is 19.1 Å². The highest BCUT2D eigenvalue weighted by Crippen LogP contribution is 2.23. The molecule has 3 rings (SSSR count). The molecule has 0 radical (unpaired) electrons. The molecule has 1 fully saturated rings. The van der Waals surface area contributed by atoms with Crippen LogP contribution in [-0.2, 0) is 9.84 Å². The van der Waals surface area contributed by atoms with Crippen LogP contribution in [0.25, 0.3) is 0 Å². The van der Waals surface area contributed by atoms with Gasteiger partial charge in [0.1, 0.15) is 5.82 Å². The molecule has 1 aliphatic heterocycles. The summed E-state index contributed by atoms with van der Waals surface area (Å²) in [5, 5.41) is 6.57. The number of carbonyl (C=O) groups is 1. The number of amides is 1. The van der Waals surface area contributed by atoms with Crippen LogP contribution in [0.2, 0.25) is 5.02 Å². The monoisotopic (exact) mass is 379 g/mol. The first kappa shape index (κ1) is 17.7. The number of anilines is 2. The molecule has 2 heterocycles. The summed E-state index contributed by atoms with van der Waals surface area (Å²) in [6, 6.07) is 8.34. The van der Waals surface area contributed by atoms with Crippen molar-refractivity contribution in [2.75, 3.05) is 16.8 Å². The van der Waals surface area contributed by atoms with Crippen LogP contribution in [0.3, 0.4) is 0 Å². The van der Waals surface area contributed by atoms with Gasteiger partial charge in [0.15, 0.2) is 9.84 Å². The van der Waals surface area contributed by atoms with Crippen molar-refractivity contribution in [3.05, 3.63) is 52.7 Å². The minimum Gasteiger partial charge on any atom is -0.348 e. The molecule has 1 aromatic heterocycles. The largest absolute Gasteiger partial charge is 0.348 e. The Morgan fingerprint density at radius 1 is 1.28 bits per heavy atom. The molecular weight excluding hydrogens is 362 g/mol. The van der Waals surface area contributed by atoms with Crippen LogP contribution in [0.5, 0.6) is 0 Å². The van der Waals surface area contributed by atoms with Gasteiger partial charge in [0.25, 0.3) is 5.91 Å². The van der Waals surface area contributed by atoms with Gasteiger partial charge in [-0.05, 0) is 49.2 Å². The third-order valence-corrected chi connectivity index (χ3v) is 6.04. The van der Waals surface area contributed by atoms with E-state index in [0.29, 0.717) is 22.8 Å². The summed E-state index contributed by atoms with van der Waals surface area (Å²) in [6.45, 7) is 1.92. The third-order valence-electron chi connectivity index (χ3n) is 4.04. The van der Waals surface area contributed by atoms with E-state index in [2.05, 4.69) is 15.6 Å². The van der Waals surface area contributed by atoms with Crippen molar-refractivity contribution in [2.45, 2.75) is 19.4 Å². The van der Waals surface area contributed by atoms with Gasteiger partial charge >= 0.3 is 0 Å². The Labute approximate surface area is 151 Å². The topological polar surface area (TPSA) is 88.2 Å². The van der Waals surface area contributed by atoms with Gasteiger partial charge < -0.3 is 10.6 Å². The molecule has 1 aromatic carbocycles. The maximum atomic E-state index is 12.3. The Morgan fingerprint density at radius 2 is 2.08 bits per heavy atom. The number of sulfone groups is 1. The van der Waals surface area contributed by atoms with Crippen LogP contribution in [0.1, 0.15) is 22.3 Å².